The minimum absolute atomic E-state index is 0.149. The highest BCUT2D eigenvalue weighted by atomic mass is 16.1. The summed E-state index contributed by atoms with van der Waals surface area (Å²) in [6.45, 7) is 0.638. The Labute approximate surface area is 118 Å². The number of amides is 1. The van der Waals surface area contributed by atoms with Crippen LogP contribution in [0, 0.1) is 5.92 Å². The quantitative estimate of drug-likeness (QED) is 0.838. The van der Waals surface area contributed by atoms with Gasteiger partial charge in [0.25, 0.3) is 0 Å². The van der Waals surface area contributed by atoms with Crippen LogP contribution in [-0.4, -0.2) is 22.4 Å². The molecule has 4 nitrogen and oxygen atoms in total. The molecule has 1 aromatic carbocycles. The summed E-state index contributed by atoms with van der Waals surface area (Å²) in [6, 6.07) is 7.97. The second kappa shape index (κ2) is 5.90. The third-order valence-electron chi connectivity index (χ3n) is 3.74. The summed E-state index contributed by atoms with van der Waals surface area (Å²) in [5.74, 6) is 1.25. The van der Waals surface area contributed by atoms with Crippen LogP contribution in [0.25, 0.3) is 11.0 Å². The zero-order valence-corrected chi connectivity index (χ0v) is 11.4. The third kappa shape index (κ3) is 2.90. The smallest absolute Gasteiger partial charge is 0.223 e. The Morgan fingerprint density at radius 2 is 2.25 bits per heavy atom. The van der Waals surface area contributed by atoms with Gasteiger partial charge < -0.3 is 10.3 Å². The van der Waals surface area contributed by atoms with E-state index in [1.54, 1.807) is 0 Å². The number of nitrogens with zero attached hydrogens (tertiary/aromatic N) is 1. The molecule has 0 saturated carbocycles. The van der Waals surface area contributed by atoms with Crippen molar-refractivity contribution < 1.29 is 4.79 Å². The summed E-state index contributed by atoms with van der Waals surface area (Å²) >= 11 is 0. The molecule has 1 aromatic heterocycles. The lowest BCUT2D eigenvalue weighted by atomic mass is 9.94. The Balaban J connectivity index is 1.52. The van der Waals surface area contributed by atoms with Crippen LogP contribution in [0.5, 0.6) is 0 Å². The fourth-order valence-corrected chi connectivity index (χ4v) is 2.60. The van der Waals surface area contributed by atoms with Gasteiger partial charge in [0.05, 0.1) is 11.0 Å². The molecule has 1 aliphatic carbocycles. The number of para-hydroxylation sites is 2. The lowest BCUT2D eigenvalue weighted by Crippen LogP contribution is -2.32. The fourth-order valence-electron chi connectivity index (χ4n) is 2.60. The minimum Gasteiger partial charge on any atom is -0.355 e. The van der Waals surface area contributed by atoms with Gasteiger partial charge in [0.1, 0.15) is 5.82 Å². The van der Waals surface area contributed by atoms with Crippen LogP contribution in [0.4, 0.5) is 0 Å². The van der Waals surface area contributed by atoms with Gasteiger partial charge in [0.2, 0.25) is 5.91 Å². The molecule has 3 rings (SSSR count). The number of nitrogens with one attached hydrogen (secondary N) is 2. The summed E-state index contributed by atoms with van der Waals surface area (Å²) in [5, 5.41) is 3.01. The summed E-state index contributed by atoms with van der Waals surface area (Å²) in [6.07, 6.45) is 7.85. The second-order valence-corrected chi connectivity index (χ2v) is 5.22. The summed E-state index contributed by atoms with van der Waals surface area (Å²) in [5.41, 5.74) is 2.03. The Bertz CT molecular complexity index is 596. The van der Waals surface area contributed by atoms with Gasteiger partial charge in [-0.05, 0) is 31.4 Å². The van der Waals surface area contributed by atoms with E-state index in [4.69, 9.17) is 0 Å². The zero-order valence-electron chi connectivity index (χ0n) is 11.4. The number of allylic oxidation sites excluding steroid dienone is 2. The molecule has 0 bridgehead atoms. The van der Waals surface area contributed by atoms with Gasteiger partial charge in [0, 0.05) is 18.9 Å². The molecule has 0 fully saturated rings. The summed E-state index contributed by atoms with van der Waals surface area (Å²) in [4.78, 5) is 19.8. The molecule has 1 amide bonds. The van der Waals surface area contributed by atoms with Crippen molar-refractivity contribution in [1.29, 1.82) is 0 Å². The van der Waals surface area contributed by atoms with Crippen molar-refractivity contribution in [2.24, 2.45) is 5.92 Å². The number of carbonyl (C=O) groups excluding carboxylic acids is 1. The molecule has 104 valence electrons. The Morgan fingerprint density at radius 1 is 1.35 bits per heavy atom. The average Bonchev–Trinajstić information content (AvgIpc) is 2.90. The number of benzene rings is 1. The first-order valence-electron chi connectivity index (χ1n) is 7.19. The number of imidazole rings is 1. The van der Waals surface area contributed by atoms with Crippen LogP contribution in [-0.2, 0) is 11.2 Å². The van der Waals surface area contributed by atoms with Gasteiger partial charge in [-0.3, -0.25) is 4.79 Å². The number of fused-ring (bicyclic) bond motifs is 1. The largest absolute Gasteiger partial charge is 0.355 e. The van der Waals surface area contributed by atoms with Gasteiger partial charge in [-0.25, -0.2) is 4.98 Å². The molecule has 0 unspecified atom stereocenters. The van der Waals surface area contributed by atoms with E-state index in [2.05, 4.69) is 27.4 Å². The van der Waals surface area contributed by atoms with E-state index in [0.717, 1.165) is 42.5 Å². The number of H-pyrrole nitrogens is 1. The van der Waals surface area contributed by atoms with Crippen molar-refractivity contribution in [3.05, 3.63) is 42.2 Å². The average molecular weight is 269 g/mol. The van der Waals surface area contributed by atoms with Gasteiger partial charge in [-0.2, -0.15) is 0 Å². The molecule has 1 atom stereocenters. The first kappa shape index (κ1) is 12.9. The highest BCUT2D eigenvalue weighted by molar-refractivity contribution is 5.79. The molecule has 0 spiro atoms. The van der Waals surface area contributed by atoms with E-state index < -0.39 is 0 Å². The number of aromatic nitrogens is 2. The number of hydrogen-bond donors (Lipinski definition) is 2. The Morgan fingerprint density at radius 3 is 3.05 bits per heavy atom. The summed E-state index contributed by atoms with van der Waals surface area (Å²) < 4.78 is 0. The Kier molecular flexibility index (Phi) is 3.81. The van der Waals surface area contributed by atoms with Gasteiger partial charge in [-0.1, -0.05) is 24.3 Å². The van der Waals surface area contributed by atoms with Gasteiger partial charge in [0.15, 0.2) is 0 Å². The molecule has 4 heteroatoms. The SMILES string of the molecule is O=C(NCCc1nc2ccccc2[nH]1)[C@H]1CC=CCC1. The van der Waals surface area contributed by atoms with Crippen molar-refractivity contribution in [1.82, 2.24) is 15.3 Å². The molecule has 2 N–H and O–H groups in total. The topological polar surface area (TPSA) is 57.8 Å². The molecule has 1 aliphatic rings. The van der Waals surface area contributed by atoms with Crippen LogP contribution in [0.3, 0.4) is 0 Å². The zero-order chi connectivity index (χ0) is 13.8. The predicted molar refractivity (Wildman–Crippen MR) is 79.3 cm³/mol. The first-order valence-corrected chi connectivity index (χ1v) is 7.19. The van der Waals surface area contributed by atoms with E-state index in [1.165, 1.54) is 0 Å². The molecule has 0 aliphatic heterocycles. The number of carbonyl (C=O) groups is 1. The van der Waals surface area contributed by atoms with Crippen LogP contribution in [0.15, 0.2) is 36.4 Å². The molecule has 1 heterocycles. The maximum absolute atomic E-state index is 12.0. The van der Waals surface area contributed by atoms with Crippen molar-refractivity contribution in [2.45, 2.75) is 25.7 Å². The van der Waals surface area contributed by atoms with E-state index in [0.29, 0.717) is 6.54 Å². The first-order chi connectivity index (χ1) is 9.83. The normalized spacial score (nSPS) is 18.3. The van der Waals surface area contributed by atoms with E-state index in [-0.39, 0.29) is 11.8 Å². The fraction of sp³-hybridized carbons (Fsp3) is 0.375. The molecular formula is C16H19N3O. The van der Waals surface area contributed by atoms with Crippen molar-refractivity contribution in [3.63, 3.8) is 0 Å². The van der Waals surface area contributed by atoms with Crippen LogP contribution in [0.1, 0.15) is 25.1 Å². The number of rotatable bonds is 4. The summed E-state index contributed by atoms with van der Waals surface area (Å²) in [7, 11) is 0. The lowest BCUT2D eigenvalue weighted by molar-refractivity contribution is -0.125. The van der Waals surface area contributed by atoms with E-state index in [9.17, 15) is 4.79 Å². The minimum atomic E-state index is 0.149. The molecular weight excluding hydrogens is 250 g/mol. The maximum atomic E-state index is 12.0. The molecule has 0 saturated heterocycles. The number of aromatic amines is 1. The van der Waals surface area contributed by atoms with E-state index in [1.807, 2.05) is 24.3 Å². The van der Waals surface area contributed by atoms with Crippen LogP contribution < -0.4 is 5.32 Å². The van der Waals surface area contributed by atoms with E-state index >= 15 is 0 Å². The Hall–Kier alpha value is -2.10. The van der Waals surface area contributed by atoms with Crippen LogP contribution >= 0.6 is 0 Å². The predicted octanol–water partition coefficient (Wildman–Crippen LogP) is 2.58. The van der Waals surface area contributed by atoms with Crippen molar-refractivity contribution in [2.75, 3.05) is 6.54 Å². The third-order valence-corrected chi connectivity index (χ3v) is 3.74. The monoisotopic (exact) mass is 269 g/mol. The van der Waals surface area contributed by atoms with Gasteiger partial charge in [-0.15, -0.1) is 0 Å². The maximum Gasteiger partial charge on any atom is 0.223 e. The highest BCUT2D eigenvalue weighted by Gasteiger charge is 2.17. The van der Waals surface area contributed by atoms with Crippen molar-refractivity contribution >= 4 is 16.9 Å². The second-order valence-electron chi connectivity index (χ2n) is 5.22. The lowest BCUT2D eigenvalue weighted by Gasteiger charge is -2.16. The molecule has 2 aromatic rings. The van der Waals surface area contributed by atoms with Gasteiger partial charge >= 0.3 is 0 Å². The highest BCUT2D eigenvalue weighted by Crippen LogP contribution is 2.18. The van der Waals surface area contributed by atoms with Crippen LogP contribution in [0.2, 0.25) is 0 Å². The molecule has 20 heavy (non-hydrogen) atoms. The molecule has 0 radical (unpaired) electrons. The standard InChI is InChI=1S/C16H19N3O/c20-16(12-6-2-1-3-7-12)17-11-10-15-18-13-8-4-5-9-14(13)19-15/h1-2,4-5,8-9,12H,3,6-7,10-11H2,(H,17,20)(H,18,19)/t12-/m0/s1. The number of hydrogen-bond acceptors (Lipinski definition) is 2. The van der Waals surface area contributed by atoms with Crippen molar-refractivity contribution in [3.8, 4) is 0 Å².